The summed E-state index contributed by atoms with van der Waals surface area (Å²) in [5, 5.41) is 22.3. The fraction of sp³-hybridized carbons (Fsp3) is 0.462. The van der Waals surface area contributed by atoms with Crippen LogP contribution in [-0.2, 0) is 0 Å². The van der Waals surface area contributed by atoms with Gasteiger partial charge < -0.3 is 15.5 Å². The molecule has 2 rings (SSSR count). The van der Waals surface area contributed by atoms with Crippen LogP contribution in [0.15, 0.2) is 18.2 Å². The highest BCUT2D eigenvalue weighted by Gasteiger charge is 2.28. The molecule has 1 amide bonds. The Labute approximate surface area is 110 Å². The van der Waals surface area contributed by atoms with Crippen LogP contribution in [0.1, 0.15) is 29.6 Å². The summed E-state index contributed by atoms with van der Waals surface area (Å²) in [6, 6.07) is 4.11. The second kappa shape index (κ2) is 5.52. The Bertz CT molecular complexity index is 450. The fourth-order valence-electron chi connectivity index (χ4n) is 2.33. The van der Waals surface area contributed by atoms with Crippen LogP contribution in [0.4, 0.5) is 0 Å². The first-order valence-electron chi connectivity index (χ1n) is 5.97. The number of carbonyl (C=O) groups excluding carboxylic acids is 1. The molecule has 5 heteroatoms. The van der Waals surface area contributed by atoms with Crippen molar-refractivity contribution in [3.63, 3.8) is 0 Å². The Morgan fingerprint density at radius 2 is 2.17 bits per heavy atom. The number of amides is 1. The summed E-state index contributed by atoms with van der Waals surface area (Å²) in [5.74, 6) is -0.455. The summed E-state index contributed by atoms with van der Waals surface area (Å²) in [4.78, 5) is 12.0. The van der Waals surface area contributed by atoms with Gasteiger partial charge in [-0.15, -0.1) is 0 Å². The predicted octanol–water partition coefficient (Wildman–Crippen LogP) is 2.11. The maximum Gasteiger partial charge on any atom is 0.255 e. The van der Waals surface area contributed by atoms with Crippen molar-refractivity contribution in [1.29, 1.82) is 0 Å². The Balaban J connectivity index is 2.09. The lowest BCUT2D eigenvalue weighted by Crippen LogP contribution is -2.38. The zero-order valence-corrected chi connectivity index (χ0v) is 11.0. The van der Waals surface area contributed by atoms with E-state index in [1.54, 1.807) is 11.8 Å². The number of hydrogen-bond acceptors (Lipinski definition) is 4. The number of phenols is 2. The van der Waals surface area contributed by atoms with E-state index >= 15 is 0 Å². The zero-order chi connectivity index (χ0) is 13.1. The van der Waals surface area contributed by atoms with Crippen LogP contribution < -0.4 is 5.32 Å². The van der Waals surface area contributed by atoms with Crippen molar-refractivity contribution in [3.8, 4) is 11.5 Å². The molecule has 0 radical (unpaired) electrons. The van der Waals surface area contributed by atoms with E-state index in [1.165, 1.54) is 18.2 Å². The molecule has 0 saturated heterocycles. The average molecular weight is 267 g/mol. The molecule has 2 unspecified atom stereocenters. The molecular weight excluding hydrogens is 250 g/mol. The number of carbonyl (C=O) groups is 1. The molecule has 1 fully saturated rings. The van der Waals surface area contributed by atoms with Gasteiger partial charge in [0.25, 0.3) is 5.91 Å². The molecule has 0 bridgehead atoms. The first-order chi connectivity index (χ1) is 8.61. The standard InChI is InChI=1S/C13H17NO3S/c1-18-12-4-2-3-10(12)14-13(17)9-7-8(15)5-6-11(9)16/h5-7,10,12,15-16H,2-4H2,1H3,(H,14,17). The van der Waals surface area contributed by atoms with Crippen molar-refractivity contribution in [2.24, 2.45) is 0 Å². The van der Waals surface area contributed by atoms with Gasteiger partial charge in [0.2, 0.25) is 0 Å². The van der Waals surface area contributed by atoms with Gasteiger partial charge in [-0.3, -0.25) is 4.79 Å². The van der Waals surface area contributed by atoms with Crippen molar-refractivity contribution >= 4 is 17.7 Å². The number of benzene rings is 1. The number of hydrogen-bond donors (Lipinski definition) is 3. The molecule has 1 aromatic rings. The molecule has 1 saturated carbocycles. The molecule has 0 aromatic heterocycles. The smallest absolute Gasteiger partial charge is 0.255 e. The summed E-state index contributed by atoms with van der Waals surface area (Å²) in [6.07, 6.45) is 5.23. The van der Waals surface area contributed by atoms with Crippen molar-refractivity contribution in [2.75, 3.05) is 6.26 Å². The summed E-state index contributed by atoms with van der Waals surface area (Å²) in [6.45, 7) is 0. The molecule has 18 heavy (non-hydrogen) atoms. The van der Waals surface area contributed by atoms with Gasteiger partial charge in [-0.1, -0.05) is 6.42 Å². The van der Waals surface area contributed by atoms with Crippen LogP contribution in [0, 0.1) is 0 Å². The summed E-state index contributed by atoms with van der Waals surface area (Å²) < 4.78 is 0. The first kappa shape index (κ1) is 13.1. The lowest BCUT2D eigenvalue weighted by molar-refractivity contribution is 0.0935. The highest BCUT2D eigenvalue weighted by Crippen LogP contribution is 2.29. The molecule has 2 atom stereocenters. The Morgan fingerprint density at radius 3 is 2.89 bits per heavy atom. The van der Waals surface area contributed by atoms with Crippen LogP contribution in [0.25, 0.3) is 0 Å². The molecule has 0 aliphatic heterocycles. The van der Waals surface area contributed by atoms with Crippen LogP contribution in [0.2, 0.25) is 0 Å². The van der Waals surface area contributed by atoms with E-state index in [2.05, 4.69) is 5.32 Å². The van der Waals surface area contributed by atoms with E-state index in [4.69, 9.17) is 0 Å². The van der Waals surface area contributed by atoms with Gasteiger partial charge in [0, 0.05) is 11.3 Å². The number of rotatable bonds is 3. The van der Waals surface area contributed by atoms with Crippen LogP contribution in [0.5, 0.6) is 11.5 Å². The van der Waals surface area contributed by atoms with E-state index in [9.17, 15) is 15.0 Å². The quantitative estimate of drug-likeness (QED) is 0.734. The Morgan fingerprint density at radius 1 is 1.39 bits per heavy atom. The fourth-order valence-corrected chi connectivity index (χ4v) is 3.26. The van der Waals surface area contributed by atoms with Crippen molar-refractivity contribution < 1.29 is 15.0 Å². The van der Waals surface area contributed by atoms with Gasteiger partial charge >= 0.3 is 0 Å². The van der Waals surface area contributed by atoms with Gasteiger partial charge in [-0.05, 0) is 37.3 Å². The molecule has 0 heterocycles. The number of thioether (sulfide) groups is 1. The SMILES string of the molecule is CSC1CCCC1NC(=O)c1cc(O)ccc1O. The summed E-state index contributed by atoms with van der Waals surface area (Å²) >= 11 is 1.76. The molecule has 1 aliphatic rings. The van der Waals surface area contributed by atoms with Crippen LogP contribution in [0.3, 0.4) is 0 Å². The average Bonchev–Trinajstić information content (AvgIpc) is 2.79. The minimum atomic E-state index is -0.325. The third-order valence-corrected chi connectivity index (χ3v) is 4.47. The molecule has 4 nitrogen and oxygen atoms in total. The summed E-state index contributed by atoms with van der Waals surface area (Å²) in [5.41, 5.74) is 0.127. The topological polar surface area (TPSA) is 69.6 Å². The number of nitrogens with one attached hydrogen (secondary N) is 1. The van der Waals surface area contributed by atoms with E-state index in [0.29, 0.717) is 5.25 Å². The van der Waals surface area contributed by atoms with E-state index < -0.39 is 0 Å². The van der Waals surface area contributed by atoms with Gasteiger partial charge in [0.05, 0.1) is 5.56 Å². The van der Waals surface area contributed by atoms with E-state index in [-0.39, 0.29) is 29.0 Å². The number of aromatic hydroxyl groups is 2. The lowest BCUT2D eigenvalue weighted by Gasteiger charge is -2.19. The Kier molecular flexibility index (Phi) is 4.01. The van der Waals surface area contributed by atoms with E-state index in [1.807, 2.05) is 6.26 Å². The van der Waals surface area contributed by atoms with Gasteiger partial charge in [-0.25, -0.2) is 0 Å². The predicted molar refractivity (Wildman–Crippen MR) is 72.2 cm³/mol. The highest BCUT2D eigenvalue weighted by molar-refractivity contribution is 7.99. The molecule has 0 spiro atoms. The normalized spacial score (nSPS) is 22.9. The zero-order valence-electron chi connectivity index (χ0n) is 10.2. The van der Waals surface area contributed by atoms with E-state index in [0.717, 1.165) is 19.3 Å². The maximum absolute atomic E-state index is 12.0. The molecule has 3 N–H and O–H groups in total. The molecular formula is C13H17NO3S. The minimum Gasteiger partial charge on any atom is -0.508 e. The third kappa shape index (κ3) is 2.72. The summed E-state index contributed by atoms with van der Waals surface area (Å²) in [7, 11) is 0. The molecule has 98 valence electrons. The Hall–Kier alpha value is -1.36. The first-order valence-corrected chi connectivity index (χ1v) is 7.26. The third-order valence-electron chi connectivity index (χ3n) is 3.30. The maximum atomic E-state index is 12.0. The lowest BCUT2D eigenvalue weighted by atomic mass is 10.1. The largest absolute Gasteiger partial charge is 0.508 e. The second-order valence-electron chi connectivity index (χ2n) is 4.49. The monoisotopic (exact) mass is 267 g/mol. The second-order valence-corrected chi connectivity index (χ2v) is 5.56. The highest BCUT2D eigenvalue weighted by atomic mass is 32.2. The van der Waals surface area contributed by atoms with Gasteiger partial charge in [0.15, 0.2) is 0 Å². The number of phenolic OH excluding ortho intramolecular Hbond substituents is 2. The van der Waals surface area contributed by atoms with Gasteiger partial charge in [-0.2, -0.15) is 11.8 Å². The van der Waals surface area contributed by atoms with Crippen molar-refractivity contribution in [1.82, 2.24) is 5.32 Å². The van der Waals surface area contributed by atoms with Gasteiger partial charge in [0.1, 0.15) is 11.5 Å². The van der Waals surface area contributed by atoms with Crippen molar-refractivity contribution in [3.05, 3.63) is 23.8 Å². The van der Waals surface area contributed by atoms with Crippen LogP contribution >= 0.6 is 11.8 Å². The van der Waals surface area contributed by atoms with Crippen molar-refractivity contribution in [2.45, 2.75) is 30.6 Å². The van der Waals surface area contributed by atoms with Crippen LogP contribution in [-0.4, -0.2) is 33.7 Å². The molecule has 1 aliphatic carbocycles. The minimum absolute atomic E-state index is 0.0224. The molecule has 1 aromatic carbocycles.